The number of ether oxygens (including phenoxy) is 1. The molecular weight excluding hydrogens is 196 g/mol. The Kier molecular flexibility index (Phi) is 2.04. The number of rotatable bonds is 0. The van der Waals surface area contributed by atoms with Crippen molar-refractivity contribution in [1.29, 1.82) is 0 Å². The van der Waals surface area contributed by atoms with Crippen LogP contribution in [-0.4, -0.2) is 5.60 Å². The highest BCUT2D eigenvalue weighted by molar-refractivity contribution is 6.32. The molecule has 2 heteroatoms. The lowest BCUT2D eigenvalue weighted by Crippen LogP contribution is -2.24. The summed E-state index contributed by atoms with van der Waals surface area (Å²) in [6.45, 7) is 8.30. The van der Waals surface area contributed by atoms with Crippen molar-refractivity contribution in [2.75, 3.05) is 0 Å². The van der Waals surface area contributed by atoms with Crippen LogP contribution in [0.25, 0.3) is 0 Å². The minimum Gasteiger partial charge on any atom is -0.487 e. The van der Waals surface area contributed by atoms with Crippen LogP contribution in [0.5, 0.6) is 5.75 Å². The molecule has 0 fully saturated rings. The minimum absolute atomic E-state index is 0.0792. The Morgan fingerprint density at radius 3 is 2.64 bits per heavy atom. The number of fused-ring (bicyclic) bond motifs is 1. The molecule has 0 N–H and O–H groups in total. The standard InChI is InChI=1S/C12H15ClO/c1-7-5-10-9(8(2)11(7)13)6-12(3,4)14-10/h5H,6H2,1-4H3. The van der Waals surface area contributed by atoms with Gasteiger partial charge in [-0.3, -0.25) is 0 Å². The SMILES string of the molecule is Cc1cc2c(c(C)c1Cl)CC(C)(C)O2. The molecule has 1 nitrogen and oxygen atoms in total. The molecule has 0 bridgehead atoms. The van der Waals surface area contributed by atoms with Crippen molar-refractivity contribution in [1.82, 2.24) is 0 Å². The van der Waals surface area contributed by atoms with Gasteiger partial charge in [0.2, 0.25) is 0 Å². The monoisotopic (exact) mass is 210 g/mol. The first-order valence-corrected chi connectivity index (χ1v) is 5.26. The predicted molar refractivity (Wildman–Crippen MR) is 59.3 cm³/mol. The highest BCUT2D eigenvalue weighted by Crippen LogP contribution is 2.40. The van der Waals surface area contributed by atoms with E-state index in [9.17, 15) is 0 Å². The summed E-state index contributed by atoms with van der Waals surface area (Å²) in [5.74, 6) is 1.01. The second-order valence-electron chi connectivity index (χ2n) is 4.65. The Bertz CT molecular complexity index is 394. The third-order valence-corrected chi connectivity index (χ3v) is 3.34. The fourth-order valence-electron chi connectivity index (χ4n) is 2.03. The third-order valence-electron chi connectivity index (χ3n) is 2.76. The fourth-order valence-corrected chi connectivity index (χ4v) is 2.20. The molecular formula is C12H15ClO. The van der Waals surface area contributed by atoms with Gasteiger partial charge >= 0.3 is 0 Å². The molecule has 2 rings (SSSR count). The molecule has 0 saturated heterocycles. The van der Waals surface area contributed by atoms with E-state index >= 15 is 0 Å². The summed E-state index contributed by atoms with van der Waals surface area (Å²) >= 11 is 6.20. The molecule has 1 aromatic rings. The van der Waals surface area contributed by atoms with Crippen molar-refractivity contribution in [3.05, 3.63) is 27.8 Å². The van der Waals surface area contributed by atoms with Gasteiger partial charge in [0, 0.05) is 17.0 Å². The number of hydrogen-bond acceptors (Lipinski definition) is 1. The number of hydrogen-bond donors (Lipinski definition) is 0. The van der Waals surface area contributed by atoms with Crippen LogP contribution >= 0.6 is 11.6 Å². The van der Waals surface area contributed by atoms with E-state index in [1.165, 1.54) is 11.1 Å². The van der Waals surface area contributed by atoms with E-state index in [-0.39, 0.29) is 5.60 Å². The summed E-state index contributed by atoms with van der Waals surface area (Å²) in [4.78, 5) is 0. The molecule has 14 heavy (non-hydrogen) atoms. The van der Waals surface area contributed by atoms with Crippen LogP contribution in [0.2, 0.25) is 5.02 Å². The second kappa shape index (κ2) is 2.90. The summed E-state index contributed by atoms with van der Waals surface area (Å²) in [6.07, 6.45) is 0.953. The van der Waals surface area contributed by atoms with Gasteiger partial charge in [-0.2, -0.15) is 0 Å². The molecule has 0 amide bonds. The highest BCUT2D eigenvalue weighted by Gasteiger charge is 2.32. The summed E-state index contributed by atoms with van der Waals surface area (Å²) < 4.78 is 5.85. The topological polar surface area (TPSA) is 9.23 Å². The van der Waals surface area contributed by atoms with Gasteiger partial charge in [0.25, 0.3) is 0 Å². The number of benzene rings is 1. The summed E-state index contributed by atoms with van der Waals surface area (Å²) in [7, 11) is 0. The van der Waals surface area contributed by atoms with Crippen molar-refractivity contribution in [3.63, 3.8) is 0 Å². The Balaban J connectivity index is 2.59. The van der Waals surface area contributed by atoms with E-state index < -0.39 is 0 Å². The lowest BCUT2D eigenvalue weighted by atomic mass is 9.97. The van der Waals surface area contributed by atoms with E-state index in [0.717, 1.165) is 22.8 Å². The average molecular weight is 211 g/mol. The van der Waals surface area contributed by atoms with Gasteiger partial charge in [-0.25, -0.2) is 0 Å². The molecule has 1 aromatic carbocycles. The first-order valence-electron chi connectivity index (χ1n) is 4.88. The van der Waals surface area contributed by atoms with Gasteiger partial charge in [0.15, 0.2) is 0 Å². The van der Waals surface area contributed by atoms with Crippen LogP contribution in [0.3, 0.4) is 0 Å². The van der Waals surface area contributed by atoms with Gasteiger partial charge in [-0.1, -0.05) is 11.6 Å². The van der Waals surface area contributed by atoms with Crippen molar-refractivity contribution in [2.45, 2.75) is 39.7 Å². The van der Waals surface area contributed by atoms with E-state index in [4.69, 9.17) is 16.3 Å². The molecule has 0 radical (unpaired) electrons. The van der Waals surface area contributed by atoms with Crippen molar-refractivity contribution < 1.29 is 4.74 Å². The van der Waals surface area contributed by atoms with Gasteiger partial charge < -0.3 is 4.74 Å². The largest absolute Gasteiger partial charge is 0.487 e. The second-order valence-corrected chi connectivity index (χ2v) is 5.03. The lowest BCUT2D eigenvalue weighted by molar-refractivity contribution is 0.138. The fraction of sp³-hybridized carbons (Fsp3) is 0.500. The molecule has 76 valence electrons. The quantitative estimate of drug-likeness (QED) is 0.635. The van der Waals surface area contributed by atoms with Crippen LogP contribution in [0.15, 0.2) is 6.07 Å². The maximum atomic E-state index is 6.20. The van der Waals surface area contributed by atoms with Crippen LogP contribution in [-0.2, 0) is 6.42 Å². The highest BCUT2D eigenvalue weighted by atomic mass is 35.5. The number of halogens is 1. The van der Waals surface area contributed by atoms with Crippen molar-refractivity contribution in [2.24, 2.45) is 0 Å². The third kappa shape index (κ3) is 1.40. The van der Waals surface area contributed by atoms with Crippen molar-refractivity contribution in [3.8, 4) is 5.75 Å². The number of aryl methyl sites for hydroxylation is 1. The molecule has 0 spiro atoms. The zero-order valence-electron chi connectivity index (χ0n) is 9.07. The first kappa shape index (κ1) is 9.85. The van der Waals surface area contributed by atoms with Gasteiger partial charge in [0.05, 0.1) is 0 Å². The molecule has 0 aromatic heterocycles. The Morgan fingerprint density at radius 2 is 2.00 bits per heavy atom. The maximum Gasteiger partial charge on any atom is 0.124 e. The van der Waals surface area contributed by atoms with Gasteiger partial charge in [-0.15, -0.1) is 0 Å². The summed E-state index contributed by atoms with van der Waals surface area (Å²) in [6, 6.07) is 2.04. The zero-order chi connectivity index (χ0) is 10.5. The maximum absolute atomic E-state index is 6.20. The Morgan fingerprint density at radius 1 is 1.36 bits per heavy atom. The van der Waals surface area contributed by atoms with Gasteiger partial charge in [-0.05, 0) is 44.9 Å². The normalized spacial score (nSPS) is 17.8. The molecule has 1 heterocycles. The average Bonchev–Trinajstić information content (AvgIpc) is 2.37. The zero-order valence-corrected chi connectivity index (χ0v) is 9.83. The lowest BCUT2D eigenvalue weighted by Gasteiger charge is -2.16. The molecule has 0 atom stereocenters. The van der Waals surface area contributed by atoms with E-state index in [0.29, 0.717) is 0 Å². The molecule has 0 saturated carbocycles. The van der Waals surface area contributed by atoms with Gasteiger partial charge in [0.1, 0.15) is 11.4 Å². The molecule has 0 aliphatic carbocycles. The predicted octanol–water partition coefficient (Wildman–Crippen LogP) is 3.67. The smallest absolute Gasteiger partial charge is 0.124 e. The van der Waals surface area contributed by atoms with Crippen LogP contribution in [0.4, 0.5) is 0 Å². The van der Waals surface area contributed by atoms with E-state index in [1.54, 1.807) is 0 Å². The van der Waals surface area contributed by atoms with Crippen LogP contribution < -0.4 is 4.74 Å². The van der Waals surface area contributed by atoms with Crippen molar-refractivity contribution >= 4 is 11.6 Å². The molecule has 1 aliphatic heterocycles. The minimum atomic E-state index is -0.0792. The van der Waals surface area contributed by atoms with E-state index in [2.05, 4.69) is 20.8 Å². The summed E-state index contributed by atoms with van der Waals surface area (Å²) in [5, 5.41) is 0.880. The summed E-state index contributed by atoms with van der Waals surface area (Å²) in [5.41, 5.74) is 3.46. The molecule has 1 aliphatic rings. The molecule has 0 unspecified atom stereocenters. The van der Waals surface area contributed by atoms with Crippen LogP contribution in [0, 0.1) is 13.8 Å². The first-order chi connectivity index (χ1) is 6.41. The van der Waals surface area contributed by atoms with E-state index in [1.807, 2.05) is 13.0 Å². The Hall–Kier alpha value is -0.690. The Labute approximate surface area is 90.0 Å². The van der Waals surface area contributed by atoms with Crippen LogP contribution in [0.1, 0.15) is 30.5 Å².